The standard InChI is InChI=1S/C4H10O2.2Na/c5-3-1-2-4-6;;/h5-6H,1-4H2;;. The molecule has 0 saturated heterocycles. The van der Waals surface area contributed by atoms with Gasteiger partial charge in [0.25, 0.3) is 0 Å². The van der Waals surface area contributed by atoms with Crippen molar-refractivity contribution in [3.63, 3.8) is 0 Å². The maximum atomic E-state index is 8.09. The van der Waals surface area contributed by atoms with E-state index in [2.05, 4.69) is 0 Å². The van der Waals surface area contributed by atoms with Crippen molar-refractivity contribution in [3.8, 4) is 0 Å². The van der Waals surface area contributed by atoms with Crippen molar-refractivity contribution in [2.45, 2.75) is 12.8 Å². The minimum absolute atomic E-state index is 0. The van der Waals surface area contributed by atoms with Gasteiger partial charge in [-0.2, -0.15) is 0 Å². The first-order chi connectivity index (χ1) is 2.91. The van der Waals surface area contributed by atoms with Crippen molar-refractivity contribution in [2.24, 2.45) is 0 Å². The van der Waals surface area contributed by atoms with Gasteiger partial charge >= 0.3 is 0 Å². The first kappa shape index (κ1) is 16.5. The Morgan fingerprint density at radius 1 is 0.750 bits per heavy atom. The molecule has 2 N–H and O–H groups in total. The summed E-state index contributed by atoms with van der Waals surface area (Å²) in [5, 5.41) is 16.2. The topological polar surface area (TPSA) is 40.5 Å². The molecule has 4 heteroatoms. The third kappa shape index (κ3) is 15.7. The van der Waals surface area contributed by atoms with Crippen LogP contribution in [0.2, 0.25) is 0 Å². The van der Waals surface area contributed by atoms with Gasteiger partial charge in [0.05, 0.1) is 0 Å². The Morgan fingerprint density at radius 3 is 1.12 bits per heavy atom. The molecule has 0 aliphatic heterocycles. The van der Waals surface area contributed by atoms with E-state index in [0.29, 0.717) is 0 Å². The summed E-state index contributed by atoms with van der Waals surface area (Å²) in [6.07, 6.45) is 1.44. The van der Waals surface area contributed by atoms with Crippen LogP contribution in [0.15, 0.2) is 0 Å². The fraction of sp³-hybridized carbons (Fsp3) is 1.00. The summed E-state index contributed by atoms with van der Waals surface area (Å²) in [6, 6.07) is 0. The van der Waals surface area contributed by atoms with E-state index in [1.165, 1.54) is 0 Å². The van der Waals surface area contributed by atoms with E-state index >= 15 is 0 Å². The zero-order valence-electron chi connectivity index (χ0n) is 5.72. The molecule has 0 aromatic heterocycles. The first-order valence-corrected chi connectivity index (χ1v) is 2.13. The predicted molar refractivity (Wildman–Crippen MR) is 34.9 cm³/mol. The zero-order chi connectivity index (χ0) is 4.83. The number of unbranched alkanes of at least 4 members (excludes halogenated alkanes) is 1. The Hall–Kier alpha value is 1.92. The van der Waals surface area contributed by atoms with Crippen LogP contribution in [0.1, 0.15) is 12.8 Å². The van der Waals surface area contributed by atoms with E-state index in [9.17, 15) is 0 Å². The van der Waals surface area contributed by atoms with Crippen molar-refractivity contribution in [3.05, 3.63) is 0 Å². The summed E-state index contributed by atoms with van der Waals surface area (Å²) in [4.78, 5) is 0. The van der Waals surface area contributed by atoms with Crippen LogP contribution in [0.4, 0.5) is 0 Å². The number of aliphatic hydroxyl groups is 2. The molecule has 0 aliphatic rings. The Kier molecular flexibility index (Phi) is 32.9. The Labute approximate surface area is 94.2 Å². The van der Waals surface area contributed by atoms with Gasteiger partial charge in [-0.3, -0.25) is 0 Å². The fourth-order valence-electron chi connectivity index (χ4n) is 0.224. The van der Waals surface area contributed by atoms with Gasteiger partial charge in [0.1, 0.15) is 0 Å². The normalized spacial score (nSPS) is 6.75. The van der Waals surface area contributed by atoms with Crippen LogP contribution in [-0.4, -0.2) is 82.5 Å². The van der Waals surface area contributed by atoms with E-state index in [1.54, 1.807) is 0 Å². The molecule has 0 saturated carbocycles. The van der Waals surface area contributed by atoms with Gasteiger partial charge in [-0.05, 0) is 12.8 Å². The molecule has 0 aromatic carbocycles. The summed E-state index contributed by atoms with van der Waals surface area (Å²) in [5.41, 5.74) is 0. The monoisotopic (exact) mass is 136 g/mol. The van der Waals surface area contributed by atoms with Gasteiger partial charge in [0.15, 0.2) is 0 Å². The first-order valence-electron chi connectivity index (χ1n) is 2.13. The van der Waals surface area contributed by atoms with Gasteiger partial charge in [-0.25, -0.2) is 0 Å². The summed E-state index contributed by atoms with van der Waals surface area (Å²) in [7, 11) is 0. The third-order valence-corrected chi connectivity index (χ3v) is 0.566. The van der Waals surface area contributed by atoms with Crippen LogP contribution in [0.3, 0.4) is 0 Å². The van der Waals surface area contributed by atoms with Crippen molar-refractivity contribution in [1.29, 1.82) is 0 Å². The summed E-state index contributed by atoms with van der Waals surface area (Å²) < 4.78 is 0. The van der Waals surface area contributed by atoms with Crippen molar-refractivity contribution in [1.82, 2.24) is 0 Å². The minimum atomic E-state index is 0. The smallest absolute Gasteiger partial charge is 0.0431 e. The van der Waals surface area contributed by atoms with Gasteiger partial charge in [-0.1, -0.05) is 0 Å². The van der Waals surface area contributed by atoms with Crippen LogP contribution >= 0.6 is 0 Å². The summed E-state index contributed by atoms with van der Waals surface area (Å²) >= 11 is 0. The van der Waals surface area contributed by atoms with Crippen molar-refractivity contribution < 1.29 is 10.2 Å². The molecule has 0 unspecified atom stereocenters. The molecule has 2 radical (unpaired) electrons. The molecule has 2 nitrogen and oxygen atoms in total. The van der Waals surface area contributed by atoms with Crippen LogP contribution in [0, 0.1) is 0 Å². The van der Waals surface area contributed by atoms with E-state index in [-0.39, 0.29) is 72.3 Å². The quantitative estimate of drug-likeness (QED) is 0.385. The Balaban J connectivity index is -0.000000125. The van der Waals surface area contributed by atoms with E-state index in [1.807, 2.05) is 0 Å². The molecule has 0 amide bonds. The van der Waals surface area contributed by atoms with E-state index < -0.39 is 0 Å². The largest absolute Gasteiger partial charge is 0.396 e. The summed E-state index contributed by atoms with van der Waals surface area (Å²) in [5.74, 6) is 0. The molecule has 0 spiro atoms. The van der Waals surface area contributed by atoms with Gasteiger partial charge in [0.2, 0.25) is 0 Å². The molecule has 0 atom stereocenters. The SMILES string of the molecule is OCCCCO.[Na].[Na]. The van der Waals surface area contributed by atoms with Gasteiger partial charge < -0.3 is 10.2 Å². The van der Waals surface area contributed by atoms with Gasteiger partial charge in [-0.15, -0.1) is 0 Å². The van der Waals surface area contributed by atoms with Crippen LogP contribution in [0.5, 0.6) is 0 Å². The van der Waals surface area contributed by atoms with E-state index in [0.717, 1.165) is 12.8 Å². The molecule has 0 aromatic rings. The zero-order valence-corrected chi connectivity index (χ0v) is 9.72. The third-order valence-electron chi connectivity index (χ3n) is 0.566. The van der Waals surface area contributed by atoms with Crippen molar-refractivity contribution >= 4 is 59.1 Å². The molecule has 8 heavy (non-hydrogen) atoms. The van der Waals surface area contributed by atoms with Gasteiger partial charge in [0, 0.05) is 72.3 Å². The molecule has 0 heterocycles. The molecule has 0 bridgehead atoms. The second-order valence-electron chi connectivity index (χ2n) is 1.15. The molecule has 0 rings (SSSR count). The maximum absolute atomic E-state index is 8.09. The van der Waals surface area contributed by atoms with Crippen LogP contribution in [-0.2, 0) is 0 Å². The molecule has 0 aliphatic carbocycles. The molecule has 40 valence electrons. The fourth-order valence-corrected chi connectivity index (χ4v) is 0.224. The average molecular weight is 136 g/mol. The number of rotatable bonds is 3. The van der Waals surface area contributed by atoms with Crippen LogP contribution < -0.4 is 0 Å². The summed E-state index contributed by atoms with van der Waals surface area (Å²) in [6.45, 7) is 0.390. The maximum Gasteiger partial charge on any atom is 0.0431 e. The molecular formula is C4H10Na2O2. The van der Waals surface area contributed by atoms with Crippen LogP contribution in [0.25, 0.3) is 0 Å². The van der Waals surface area contributed by atoms with E-state index in [4.69, 9.17) is 10.2 Å². The minimum Gasteiger partial charge on any atom is -0.396 e. The Bertz CT molecular complexity index is 24.0. The Morgan fingerprint density at radius 2 is 1.00 bits per heavy atom. The number of aliphatic hydroxyl groups excluding tert-OH is 2. The van der Waals surface area contributed by atoms with Crippen molar-refractivity contribution in [2.75, 3.05) is 13.2 Å². The second kappa shape index (κ2) is 16.0. The molecule has 0 fully saturated rings. The second-order valence-corrected chi connectivity index (χ2v) is 1.15. The molecular weight excluding hydrogens is 126 g/mol. The number of hydrogen-bond donors (Lipinski definition) is 2. The average Bonchev–Trinajstić information content (AvgIpc) is 1.61. The predicted octanol–water partition coefficient (Wildman–Crippen LogP) is -1.01. The number of hydrogen-bond acceptors (Lipinski definition) is 2.